The van der Waals surface area contributed by atoms with Gasteiger partial charge in [0.05, 0.1) is 5.69 Å². The summed E-state index contributed by atoms with van der Waals surface area (Å²) in [5, 5.41) is 8.06. The number of halogens is 2. The van der Waals surface area contributed by atoms with Crippen LogP contribution in [0.1, 0.15) is 11.1 Å². The first-order valence-electron chi connectivity index (χ1n) is 7.53. The molecule has 0 bridgehead atoms. The summed E-state index contributed by atoms with van der Waals surface area (Å²) in [7, 11) is 0. The minimum atomic E-state index is -0.450. The summed E-state index contributed by atoms with van der Waals surface area (Å²) >= 11 is 0. The SMILES string of the molecule is Fc1ccc(F)c(Cc2cnc3n[nH]c(-c4ccccc4)c3c2)c1. The number of benzene rings is 2. The van der Waals surface area contributed by atoms with Crippen molar-refractivity contribution in [2.24, 2.45) is 0 Å². The third-order valence-corrected chi connectivity index (χ3v) is 3.93. The Balaban J connectivity index is 1.76. The minimum absolute atomic E-state index is 0.270. The summed E-state index contributed by atoms with van der Waals surface area (Å²) < 4.78 is 27.2. The van der Waals surface area contributed by atoms with Gasteiger partial charge in [-0.2, -0.15) is 5.10 Å². The molecule has 0 fully saturated rings. The lowest BCUT2D eigenvalue weighted by molar-refractivity contribution is 0.588. The number of nitrogens with one attached hydrogen (secondary N) is 1. The molecule has 4 rings (SSSR count). The molecule has 2 aromatic heterocycles. The zero-order valence-electron chi connectivity index (χ0n) is 12.6. The average Bonchev–Trinajstić information content (AvgIpc) is 3.02. The zero-order chi connectivity index (χ0) is 16.5. The summed E-state index contributed by atoms with van der Waals surface area (Å²) in [6.45, 7) is 0. The third-order valence-electron chi connectivity index (χ3n) is 3.93. The molecule has 24 heavy (non-hydrogen) atoms. The van der Waals surface area contributed by atoms with Crippen molar-refractivity contribution in [3.8, 4) is 11.3 Å². The molecule has 0 saturated carbocycles. The maximum absolute atomic E-state index is 13.8. The van der Waals surface area contributed by atoms with Gasteiger partial charge in [-0.05, 0) is 35.4 Å². The monoisotopic (exact) mass is 321 g/mol. The standard InChI is InChI=1S/C19H13F2N3/c20-15-6-7-17(21)14(10-15)8-12-9-16-18(13-4-2-1-3-5-13)23-24-19(16)22-11-12/h1-7,9-11H,8H2,(H,22,23,24). The van der Waals surface area contributed by atoms with Crippen molar-refractivity contribution in [3.63, 3.8) is 0 Å². The van der Waals surface area contributed by atoms with Gasteiger partial charge in [0.1, 0.15) is 11.6 Å². The van der Waals surface area contributed by atoms with Crippen molar-refractivity contribution in [2.45, 2.75) is 6.42 Å². The van der Waals surface area contributed by atoms with Gasteiger partial charge in [0.2, 0.25) is 0 Å². The van der Waals surface area contributed by atoms with Gasteiger partial charge in [0.15, 0.2) is 5.65 Å². The molecule has 0 aliphatic heterocycles. The van der Waals surface area contributed by atoms with Crippen LogP contribution < -0.4 is 0 Å². The van der Waals surface area contributed by atoms with Gasteiger partial charge in [0, 0.05) is 23.6 Å². The fourth-order valence-corrected chi connectivity index (χ4v) is 2.76. The molecule has 0 amide bonds. The fourth-order valence-electron chi connectivity index (χ4n) is 2.76. The molecule has 0 radical (unpaired) electrons. The molecule has 0 unspecified atom stereocenters. The molecule has 0 aliphatic rings. The molecule has 5 heteroatoms. The Hall–Kier alpha value is -3.08. The predicted octanol–water partition coefficient (Wildman–Crippen LogP) is 4.49. The second-order valence-electron chi connectivity index (χ2n) is 5.59. The molecular weight excluding hydrogens is 308 g/mol. The number of nitrogens with zero attached hydrogens (tertiary/aromatic N) is 2. The van der Waals surface area contributed by atoms with E-state index in [2.05, 4.69) is 15.2 Å². The van der Waals surface area contributed by atoms with Crippen LogP contribution in [0, 0.1) is 11.6 Å². The molecule has 0 spiro atoms. The molecule has 0 saturated heterocycles. The van der Waals surface area contributed by atoms with Crippen molar-refractivity contribution in [1.82, 2.24) is 15.2 Å². The second-order valence-corrected chi connectivity index (χ2v) is 5.59. The van der Waals surface area contributed by atoms with Crippen LogP contribution in [0.25, 0.3) is 22.3 Å². The molecule has 2 heterocycles. The number of hydrogen-bond acceptors (Lipinski definition) is 2. The van der Waals surface area contributed by atoms with E-state index >= 15 is 0 Å². The minimum Gasteiger partial charge on any atom is -0.275 e. The summed E-state index contributed by atoms with van der Waals surface area (Å²) in [5.41, 5.74) is 3.55. The maximum Gasteiger partial charge on any atom is 0.181 e. The van der Waals surface area contributed by atoms with Gasteiger partial charge in [0.25, 0.3) is 0 Å². The normalized spacial score (nSPS) is 11.1. The molecule has 3 nitrogen and oxygen atoms in total. The quantitative estimate of drug-likeness (QED) is 0.604. The highest BCUT2D eigenvalue weighted by atomic mass is 19.1. The first kappa shape index (κ1) is 14.5. The lowest BCUT2D eigenvalue weighted by atomic mass is 10.0. The topological polar surface area (TPSA) is 41.6 Å². The van der Waals surface area contributed by atoms with E-state index in [0.717, 1.165) is 34.3 Å². The summed E-state index contributed by atoms with van der Waals surface area (Å²) in [5.74, 6) is -0.874. The number of rotatable bonds is 3. The Morgan fingerprint density at radius 2 is 1.79 bits per heavy atom. The molecule has 0 atom stereocenters. The number of aromatic amines is 1. The lowest BCUT2D eigenvalue weighted by Crippen LogP contribution is -1.95. The van der Waals surface area contributed by atoms with Crippen molar-refractivity contribution in [1.29, 1.82) is 0 Å². The van der Waals surface area contributed by atoms with E-state index in [1.165, 1.54) is 6.07 Å². The van der Waals surface area contributed by atoms with Crippen LogP contribution in [0.3, 0.4) is 0 Å². The van der Waals surface area contributed by atoms with Gasteiger partial charge in [-0.3, -0.25) is 5.10 Å². The summed E-state index contributed by atoms with van der Waals surface area (Å²) in [6, 6.07) is 15.2. The summed E-state index contributed by atoms with van der Waals surface area (Å²) in [4.78, 5) is 4.32. The first-order valence-corrected chi connectivity index (χ1v) is 7.53. The van der Waals surface area contributed by atoms with E-state index in [1.54, 1.807) is 6.20 Å². The Kier molecular flexibility index (Phi) is 3.54. The van der Waals surface area contributed by atoms with E-state index < -0.39 is 11.6 Å². The van der Waals surface area contributed by atoms with Crippen molar-refractivity contribution < 1.29 is 8.78 Å². The number of hydrogen-bond donors (Lipinski definition) is 1. The van der Waals surface area contributed by atoms with Crippen LogP contribution >= 0.6 is 0 Å². The predicted molar refractivity (Wildman–Crippen MR) is 88.5 cm³/mol. The smallest absolute Gasteiger partial charge is 0.181 e. The first-order chi connectivity index (χ1) is 11.7. The van der Waals surface area contributed by atoms with Crippen LogP contribution in [0.15, 0.2) is 60.8 Å². The molecule has 118 valence electrons. The van der Waals surface area contributed by atoms with Crippen LogP contribution in [0.4, 0.5) is 8.78 Å². The molecule has 2 aromatic carbocycles. The highest BCUT2D eigenvalue weighted by Gasteiger charge is 2.11. The average molecular weight is 321 g/mol. The van der Waals surface area contributed by atoms with Gasteiger partial charge in [-0.1, -0.05) is 30.3 Å². The Morgan fingerprint density at radius 3 is 2.62 bits per heavy atom. The number of aromatic nitrogens is 3. The fraction of sp³-hybridized carbons (Fsp3) is 0.0526. The van der Waals surface area contributed by atoms with Gasteiger partial charge < -0.3 is 0 Å². The van der Waals surface area contributed by atoms with E-state index in [0.29, 0.717) is 11.2 Å². The van der Waals surface area contributed by atoms with Gasteiger partial charge >= 0.3 is 0 Å². The third kappa shape index (κ3) is 2.65. The van der Waals surface area contributed by atoms with Crippen molar-refractivity contribution in [2.75, 3.05) is 0 Å². The highest BCUT2D eigenvalue weighted by Crippen LogP contribution is 2.26. The Bertz CT molecular complexity index is 1010. The van der Waals surface area contributed by atoms with E-state index in [4.69, 9.17) is 0 Å². The molecular formula is C19H13F2N3. The Labute approximate surface area is 137 Å². The van der Waals surface area contributed by atoms with E-state index in [9.17, 15) is 8.78 Å². The van der Waals surface area contributed by atoms with Crippen LogP contribution in [0.2, 0.25) is 0 Å². The van der Waals surface area contributed by atoms with Crippen LogP contribution in [-0.2, 0) is 6.42 Å². The highest BCUT2D eigenvalue weighted by molar-refractivity contribution is 5.91. The zero-order valence-corrected chi connectivity index (χ0v) is 12.6. The Morgan fingerprint density at radius 1 is 0.958 bits per heavy atom. The number of pyridine rings is 1. The number of H-pyrrole nitrogens is 1. The lowest BCUT2D eigenvalue weighted by Gasteiger charge is -2.04. The van der Waals surface area contributed by atoms with Crippen LogP contribution in [0.5, 0.6) is 0 Å². The molecule has 0 aliphatic carbocycles. The van der Waals surface area contributed by atoms with E-state index in [-0.39, 0.29) is 6.42 Å². The van der Waals surface area contributed by atoms with Gasteiger partial charge in [-0.15, -0.1) is 0 Å². The van der Waals surface area contributed by atoms with Crippen molar-refractivity contribution >= 4 is 11.0 Å². The molecule has 4 aromatic rings. The number of fused-ring (bicyclic) bond motifs is 1. The van der Waals surface area contributed by atoms with E-state index in [1.807, 2.05) is 36.4 Å². The molecule has 1 N–H and O–H groups in total. The second kappa shape index (κ2) is 5.85. The summed E-state index contributed by atoms with van der Waals surface area (Å²) in [6.07, 6.45) is 1.91. The van der Waals surface area contributed by atoms with Crippen LogP contribution in [-0.4, -0.2) is 15.2 Å². The largest absolute Gasteiger partial charge is 0.275 e. The maximum atomic E-state index is 13.8. The van der Waals surface area contributed by atoms with Gasteiger partial charge in [-0.25, -0.2) is 13.8 Å². The van der Waals surface area contributed by atoms with Crippen molar-refractivity contribution in [3.05, 3.63) is 83.6 Å².